The Morgan fingerprint density at radius 3 is 2.70 bits per heavy atom. The van der Waals surface area contributed by atoms with Crippen LogP contribution in [-0.4, -0.2) is 25.2 Å². The summed E-state index contributed by atoms with van der Waals surface area (Å²) < 4.78 is 10.9. The molecule has 0 atom stereocenters. The van der Waals surface area contributed by atoms with Gasteiger partial charge in [-0.05, 0) is 37.6 Å². The van der Waals surface area contributed by atoms with Gasteiger partial charge in [-0.2, -0.15) is 5.26 Å². The van der Waals surface area contributed by atoms with Crippen molar-refractivity contribution in [1.82, 2.24) is 5.32 Å². The second-order valence-corrected chi connectivity index (χ2v) is 4.70. The number of benzene rings is 1. The third-order valence-electron chi connectivity index (χ3n) is 2.66. The van der Waals surface area contributed by atoms with Crippen LogP contribution in [0.15, 0.2) is 23.8 Å². The molecule has 2 rings (SSSR count). The molecule has 0 bridgehead atoms. The minimum absolute atomic E-state index is 0.0143. The number of nitrogens with one attached hydrogen (secondary N) is 1. The van der Waals surface area contributed by atoms with Crippen molar-refractivity contribution in [2.75, 3.05) is 13.2 Å². The van der Waals surface area contributed by atoms with E-state index in [-0.39, 0.29) is 17.5 Å². The summed E-state index contributed by atoms with van der Waals surface area (Å²) in [6.45, 7) is 4.72. The highest BCUT2D eigenvalue weighted by molar-refractivity contribution is 6.01. The minimum Gasteiger partial charge on any atom is -0.486 e. The van der Waals surface area contributed by atoms with Gasteiger partial charge in [0.1, 0.15) is 24.9 Å². The predicted molar refractivity (Wildman–Crippen MR) is 74.3 cm³/mol. The zero-order valence-electron chi connectivity index (χ0n) is 11.5. The van der Waals surface area contributed by atoms with Crippen molar-refractivity contribution in [3.05, 3.63) is 29.3 Å². The van der Waals surface area contributed by atoms with E-state index in [1.165, 1.54) is 6.08 Å². The molecule has 0 saturated carbocycles. The SMILES string of the molecule is CC(C)NC(=O)C(C#N)=Cc1ccc2c(c1)OCCO2. The molecule has 104 valence electrons. The number of ether oxygens (including phenoxy) is 2. The van der Waals surface area contributed by atoms with E-state index >= 15 is 0 Å². The maximum atomic E-state index is 11.8. The number of nitriles is 1. The van der Waals surface area contributed by atoms with E-state index < -0.39 is 0 Å². The average molecular weight is 272 g/mol. The number of rotatable bonds is 3. The fourth-order valence-corrected chi connectivity index (χ4v) is 1.80. The largest absolute Gasteiger partial charge is 0.486 e. The molecule has 1 aliphatic heterocycles. The summed E-state index contributed by atoms with van der Waals surface area (Å²) in [5, 5.41) is 11.8. The van der Waals surface area contributed by atoms with Gasteiger partial charge in [0.15, 0.2) is 11.5 Å². The number of carbonyl (C=O) groups excluding carboxylic acids is 1. The molecule has 20 heavy (non-hydrogen) atoms. The Hall–Kier alpha value is -2.48. The predicted octanol–water partition coefficient (Wildman–Crippen LogP) is 1.89. The molecule has 0 unspecified atom stereocenters. The molecule has 0 spiro atoms. The summed E-state index contributed by atoms with van der Waals surface area (Å²) in [6.07, 6.45) is 1.54. The fraction of sp³-hybridized carbons (Fsp3) is 0.333. The van der Waals surface area contributed by atoms with E-state index in [2.05, 4.69) is 5.32 Å². The van der Waals surface area contributed by atoms with Gasteiger partial charge in [0.2, 0.25) is 0 Å². The van der Waals surface area contributed by atoms with E-state index in [1.807, 2.05) is 19.9 Å². The summed E-state index contributed by atoms with van der Waals surface area (Å²) in [7, 11) is 0. The lowest BCUT2D eigenvalue weighted by Gasteiger charge is -2.18. The molecule has 1 aromatic rings. The highest BCUT2D eigenvalue weighted by Gasteiger charge is 2.13. The van der Waals surface area contributed by atoms with Gasteiger partial charge in [-0.3, -0.25) is 4.79 Å². The molecule has 1 heterocycles. The molecule has 1 N–H and O–H groups in total. The maximum absolute atomic E-state index is 11.8. The summed E-state index contributed by atoms with van der Waals surface area (Å²) in [6, 6.07) is 7.22. The van der Waals surface area contributed by atoms with Gasteiger partial charge in [0.05, 0.1) is 0 Å². The molecule has 1 aliphatic rings. The topological polar surface area (TPSA) is 71.4 Å². The molecular weight excluding hydrogens is 256 g/mol. The number of fused-ring (bicyclic) bond motifs is 1. The van der Waals surface area contributed by atoms with Gasteiger partial charge in [-0.1, -0.05) is 6.07 Å². The molecule has 0 aromatic heterocycles. The summed E-state index contributed by atoms with van der Waals surface area (Å²) in [4.78, 5) is 11.8. The highest BCUT2D eigenvalue weighted by atomic mass is 16.6. The zero-order valence-corrected chi connectivity index (χ0v) is 11.5. The molecule has 0 aliphatic carbocycles. The molecule has 0 saturated heterocycles. The maximum Gasteiger partial charge on any atom is 0.262 e. The first kappa shape index (κ1) is 13.9. The highest BCUT2D eigenvalue weighted by Crippen LogP contribution is 2.31. The Labute approximate surface area is 117 Å². The van der Waals surface area contributed by atoms with Crippen molar-refractivity contribution in [3.63, 3.8) is 0 Å². The number of nitrogens with zero attached hydrogens (tertiary/aromatic N) is 1. The number of carbonyl (C=O) groups is 1. The Morgan fingerprint density at radius 1 is 1.35 bits per heavy atom. The number of amides is 1. The Bertz CT molecular complexity index is 585. The van der Waals surface area contributed by atoms with E-state index in [1.54, 1.807) is 18.2 Å². The summed E-state index contributed by atoms with van der Waals surface area (Å²) >= 11 is 0. The van der Waals surface area contributed by atoms with Crippen LogP contribution in [0.5, 0.6) is 11.5 Å². The van der Waals surface area contributed by atoms with Crippen molar-refractivity contribution < 1.29 is 14.3 Å². The molecular formula is C15H16N2O3. The third kappa shape index (κ3) is 3.29. The molecule has 1 amide bonds. The lowest BCUT2D eigenvalue weighted by Crippen LogP contribution is -2.30. The third-order valence-corrected chi connectivity index (χ3v) is 2.66. The van der Waals surface area contributed by atoms with Crippen molar-refractivity contribution >= 4 is 12.0 Å². The van der Waals surface area contributed by atoms with Gasteiger partial charge in [-0.25, -0.2) is 0 Å². The van der Waals surface area contributed by atoms with Gasteiger partial charge in [0.25, 0.3) is 5.91 Å². The van der Waals surface area contributed by atoms with Gasteiger partial charge in [0, 0.05) is 6.04 Å². The molecule has 0 fully saturated rings. The van der Waals surface area contributed by atoms with Crippen LogP contribution in [0, 0.1) is 11.3 Å². The van der Waals surface area contributed by atoms with Crippen LogP contribution in [0.1, 0.15) is 19.4 Å². The Morgan fingerprint density at radius 2 is 2.05 bits per heavy atom. The van der Waals surface area contributed by atoms with E-state index in [4.69, 9.17) is 14.7 Å². The quantitative estimate of drug-likeness (QED) is 0.673. The zero-order chi connectivity index (χ0) is 14.5. The smallest absolute Gasteiger partial charge is 0.262 e. The lowest BCUT2D eigenvalue weighted by molar-refractivity contribution is -0.117. The van der Waals surface area contributed by atoms with Crippen LogP contribution in [-0.2, 0) is 4.79 Å². The van der Waals surface area contributed by atoms with E-state index in [0.29, 0.717) is 24.7 Å². The van der Waals surface area contributed by atoms with Gasteiger partial charge in [-0.15, -0.1) is 0 Å². The van der Waals surface area contributed by atoms with Crippen molar-refractivity contribution in [3.8, 4) is 17.6 Å². The summed E-state index contributed by atoms with van der Waals surface area (Å²) in [5.74, 6) is 0.933. The van der Waals surface area contributed by atoms with E-state index in [0.717, 1.165) is 5.56 Å². The first-order chi connectivity index (χ1) is 9.60. The number of hydrogen-bond acceptors (Lipinski definition) is 4. The van der Waals surface area contributed by atoms with Crippen LogP contribution < -0.4 is 14.8 Å². The molecule has 1 aromatic carbocycles. The average Bonchev–Trinajstić information content (AvgIpc) is 2.43. The van der Waals surface area contributed by atoms with Crippen LogP contribution in [0.3, 0.4) is 0 Å². The minimum atomic E-state index is -0.377. The van der Waals surface area contributed by atoms with E-state index in [9.17, 15) is 4.79 Å². The van der Waals surface area contributed by atoms with Crippen molar-refractivity contribution in [2.24, 2.45) is 0 Å². The van der Waals surface area contributed by atoms with Gasteiger partial charge >= 0.3 is 0 Å². The van der Waals surface area contributed by atoms with Crippen LogP contribution >= 0.6 is 0 Å². The first-order valence-corrected chi connectivity index (χ1v) is 6.42. The normalized spacial score (nSPS) is 13.8. The second kappa shape index (κ2) is 6.11. The van der Waals surface area contributed by atoms with Crippen LogP contribution in [0.4, 0.5) is 0 Å². The Balaban J connectivity index is 2.24. The molecule has 5 heteroatoms. The fourth-order valence-electron chi connectivity index (χ4n) is 1.80. The summed E-state index contributed by atoms with van der Waals surface area (Å²) in [5.41, 5.74) is 0.792. The van der Waals surface area contributed by atoms with Crippen LogP contribution in [0.2, 0.25) is 0 Å². The Kier molecular flexibility index (Phi) is 4.26. The first-order valence-electron chi connectivity index (χ1n) is 6.42. The molecule has 0 radical (unpaired) electrons. The molecule has 5 nitrogen and oxygen atoms in total. The second-order valence-electron chi connectivity index (χ2n) is 4.70. The standard InChI is InChI=1S/C15H16N2O3/c1-10(2)17-15(18)12(9-16)7-11-3-4-13-14(8-11)20-6-5-19-13/h3-4,7-8,10H,5-6H2,1-2H3,(H,17,18). The van der Waals surface area contributed by atoms with Crippen molar-refractivity contribution in [2.45, 2.75) is 19.9 Å². The number of hydrogen-bond donors (Lipinski definition) is 1. The van der Waals surface area contributed by atoms with Gasteiger partial charge < -0.3 is 14.8 Å². The van der Waals surface area contributed by atoms with Crippen LogP contribution in [0.25, 0.3) is 6.08 Å². The monoisotopic (exact) mass is 272 g/mol. The van der Waals surface area contributed by atoms with Crippen molar-refractivity contribution in [1.29, 1.82) is 5.26 Å². The lowest BCUT2D eigenvalue weighted by atomic mass is 10.1.